The molecule has 1 N–H and O–H groups in total. The van der Waals surface area contributed by atoms with E-state index in [0.29, 0.717) is 0 Å². The average Bonchev–Trinajstić information content (AvgIpc) is 3.04. The summed E-state index contributed by atoms with van der Waals surface area (Å²) in [6, 6.07) is 6.01. The van der Waals surface area contributed by atoms with Crippen molar-refractivity contribution in [1.82, 2.24) is 5.32 Å². The molecular weight excluding hydrogens is 252 g/mol. The molecule has 2 aliphatic heterocycles. The van der Waals surface area contributed by atoms with Gasteiger partial charge in [0, 0.05) is 6.54 Å². The van der Waals surface area contributed by atoms with Gasteiger partial charge in [-0.3, -0.25) is 14.5 Å². The zero-order chi connectivity index (χ0) is 13.7. The van der Waals surface area contributed by atoms with Crippen molar-refractivity contribution in [2.24, 2.45) is 11.8 Å². The number of carbonyl (C=O) groups is 2. The summed E-state index contributed by atoms with van der Waals surface area (Å²) in [7, 11) is 0. The quantitative estimate of drug-likeness (QED) is 0.789. The first-order chi connectivity index (χ1) is 9.75. The van der Waals surface area contributed by atoms with Crippen molar-refractivity contribution < 1.29 is 9.59 Å². The highest BCUT2D eigenvalue weighted by Crippen LogP contribution is 2.41. The third kappa shape index (κ3) is 1.64. The van der Waals surface area contributed by atoms with Crippen molar-refractivity contribution in [1.29, 1.82) is 0 Å². The van der Waals surface area contributed by atoms with E-state index in [9.17, 15) is 9.59 Å². The second-order valence-corrected chi connectivity index (χ2v) is 6.04. The van der Waals surface area contributed by atoms with Gasteiger partial charge in [-0.05, 0) is 49.1 Å². The number of benzene rings is 1. The lowest BCUT2D eigenvalue weighted by molar-refractivity contribution is -0.122. The molecule has 1 aromatic carbocycles. The van der Waals surface area contributed by atoms with Crippen molar-refractivity contribution in [3.8, 4) is 0 Å². The Morgan fingerprint density at radius 3 is 2.55 bits per heavy atom. The van der Waals surface area contributed by atoms with Crippen molar-refractivity contribution in [3.05, 3.63) is 29.3 Å². The second-order valence-electron chi connectivity index (χ2n) is 6.04. The number of nitrogens with one attached hydrogen (secondary N) is 1. The van der Waals surface area contributed by atoms with E-state index in [-0.39, 0.29) is 23.7 Å². The van der Waals surface area contributed by atoms with Gasteiger partial charge in [0.1, 0.15) is 0 Å². The molecule has 104 valence electrons. The van der Waals surface area contributed by atoms with Crippen LogP contribution < -0.4 is 10.2 Å². The average molecular weight is 270 g/mol. The first-order valence-electron chi connectivity index (χ1n) is 7.46. The van der Waals surface area contributed by atoms with Crippen molar-refractivity contribution in [2.45, 2.75) is 32.2 Å². The lowest BCUT2D eigenvalue weighted by Gasteiger charge is -2.21. The molecule has 0 aromatic heterocycles. The molecule has 0 bridgehead atoms. The topological polar surface area (TPSA) is 49.4 Å². The van der Waals surface area contributed by atoms with E-state index in [1.165, 1.54) is 16.0 Å². The van der Waals surface area contributed by atoms with Gasteiger partial charge in [0.15, 0.2) is 0 Å². The fourth-order valence-electron chi connectivity index (χ4n) is 3.85. The van der Waals surface area contributed by atoms with Gasteiger partial charge in [0.2, 0.25) is 11.8 Å². The molecule has 0 spiro atoms. The Labute approximate surface area is 118 Å². The number of nitrogens with zero attached hydrogens (tertiary/aromatic N) is 1. The van der Waals surface area contributed by atoms with Crippen LogP contribution in [0.25, 0.3) is 0 Å². The van der Waals surface area contributed by atoms with E-state index in [4.69, 9.17) is 0 Å². The Balaban J connectivity index is 1.71. The molecule has 0 radical (unpaired) electrons. The second kappa shape index (κ2) is 4.42. The fourth-order valence-corrected chi connectivity index (χ4v) is 3.85. The van der Waals surface area contributed by atoms with Crippen LogP contribution in [0, 0.1) is 11.8 Å². The van der Waals surface area contributed by atoms with E-state index in [1.54, 1.807) is 0 Å². The number of fused-ring (bicyclic) bond motifs is 2. The molecular formula is C16H18N2O2. The van der Waals surface area contributed by atoms with E-state index in [1.807, 2.05) is 12.1 Å². The highest BCUT2D eigenvalue weighted by molar-refractivity contribution is 6.22. The van der Waals surface area contributed by atoms with E-state index < -0.39 is 0 Å². The highest BCUT2D eigenvalue weighted by atomic mass is 16.2. The molecule has 1 saturated heterocycles. The Morgan fingerprint density at radius 1 is 1.05 bits per heavy atom. The lowest BCUT2D eigenvalue weighted by atomic mass is 10.00. The fraction of sp³-hybridized carbons (Fsp3) is 0.500. The van der Waals surface area contributed by atoms with E-state index in [0.717, 1.165) is 44.5 Å². The van der Waals surface area contributed by atoms with Gasteiger partial charge >= 0.3 is 0 Å². The van der Waals surface area contributed by atoms with Gasteiger partial charge in [-0.2, -0.15) is 0 Å². The molecule has 2 fully saturated rings. The Morgan fingerprint density at radius 2 is 1.80 bits per heavy atom. The van der Waals surface area contributed by atoms with Gasteiger partial charge in [0.05, 0.1) is 17.5 Å². The summed E-state index contributed by atoms with van der Waals surface area (Å²) in [6.45, 7) is 1.82. The van der Waals surface area contributed by atoms with Crippen molar-refractivity contribution in [2.75, 3.05) is 11.4 Å². The standard InChI is InChI=1S/C16H18N2O2/c19-15-13-2-1-3-14(13)16(20)18(15)12-5-4-10-6-7-17-9-11(10)8-12/h4-5,8,13-14,17H,1-3,6-7,9H2. The number of anilines is 1. The lowest BCUT2D eigenvalue weighted by Crippen LogP contribution is -2.32. The number of hydrogen-bond donors (Lipinski definition) is 1. The number of carbonyl (C=O) groups excluding carboxylic acids is 2. The minimum absolute atomic E-state index is 0.0150. The summed E-state index contributed by atoms with van der Waals surface area (Å²) in [6.07, 6.45) is 3.77. The number of amides is 2. The molecule has 20 heavy (non-hydrogen) atoms. The molecule has 2 heterocycles. The summed E-state index contributed by atoms with van der Waals surface area (Å²) in [5.74, 6) is -0.0873. The molecule has 1 aromatic rings. The Kier molecular flexibility index (Phi) is 2.67. The maximum absolute atomic E-state index is 12.5. The maximum atomic E-state index is 12.5. The van der Waals surface area contributed by atoms with Gasteiger partial charge in [-0.25, -0.2) is 0 Å². The first kappa shape index (κ1) is 12.1. The monoisotopic (exact) mass is 270 g/mol. The molecule has 4 nitrogen and oxygen atoms in total. The maximum Gasteiger partial charge on any atom is 0.237 e. The van der Waals surface area contributed by atoms with Crippen LogP contribution in [0.4, 0.5) is 5.69 Å². The van der Waals surface area contributed by atoms with Crippen LogP contribution in [-0.2, 0) is 22.6 Å². The Bertz CT molecular complexity index is 574. The van der Waals surface area contributed by atoms with Crippen molar-refractivity contribution >= 4 is 17.5 Å². The third-order valence-electron chi connectivity index (χ3n) is 4.93. The van der Waals surface area contributed by atoms with E-state index in [2.05, 4.69) is 11.4 Å². The predicted octanol–water partition coefficient (Wildman–Crippen LogP) is 1.62. The van der Waals surface area contributed by atoms with Gasteiger partial charge in [-0.15, -0.1) is 0 Å². The number of hydrogen-bond acceptors (Lipinski definition) is 3. The summed E-state index contributed by atoms with van der Waals surface area (Å²) in [5, 5.41) is 3.33. The van der Waals surface area contributed by atoms with Crippen LogP contribution in [0.1, 0.15) is 30.4 Å². The number of imide groups is 1. The predicted molar refractivity (Wildman–Crippen MR) is 75.2 cm³/mol. The molecule has 4 heteroatoms. The van der Waals surface area contributed by atoms with Crippen LogP contribution in [0.3, 0.4) is 0 Å². The normalized spacial score (nSPS) is 28.7. The van der Waals surface area contributed by atoms with Gasteiger partial charge in [-0.1, -0.05) is 12.5 Å². The molecule has 1 aliphatic carbocycles. The third-order valence-corrected chi connectivity index (χ3v) is 4.93. The molecule has 2 amide bonds. The first-order valence-corrected chi connectivity index (χ1v) is 7.46. The van der Waals surface area contributed by atoms with Crippen LogP contribution in [0.2, 0.25) is 0 Å². The molecule has 2 atom stereocenters. The van der Waals surface area contributed by atoms with Gasteiger partial charge in [0.25, 0.3) is 0 Å². The number of rotatable bonds is 1. The minimum atomic E-state index is -0.0587. The minimum Gasteiger partial charge on any atom is -0.312 e. The molecule has 3 aliphatic rings. The summed E-state index contributed by atoms with van der Waals surface area (Å²) >= 11 is 0. The van der Waals surface area contributed by atoms with Crippen LogP contribution in [-0.4, -0.2) is 18.4 Å². The summed E-state index contributed by atoms with van der Waals surface area (Å²) < 4.78 is 0. The van der Waals surface area contributed by atoms with Crippen LogP contribution >= 0.6 is 0 Å². The Hall–Kier alpha value is -1.68. The largest absolute Gasteiger partial charge is 0.312 e. The zero-order valence-corrected chi connectivity index (χ0v) is 11.4. The SMILES string of the molecule is O=C1C2CCCC2C(=O)N1c1ccc2c(c1)CNCC2. The van der Waals surface area contributed by atoms with Crippen LogP contribution in [0.15, 0.2) is 18.2 Å². The smallest absolute Gasteiger partial charge is 0.237 e. The van der Waals surface area contributed by atoms with Crippen LogP contribution in [0.5, 0.6) is 0 Å². The molecule has 2 unspecified atom stereocenters. The summed E-state index contributed by atoms with van der Waals surface area (Å²) in [4.78, 5) is 26.3. The van der Waals surface area contributed by atoms with E-state index >= 15 is 0 Å². The molecule has 1 saturated carbocycles. The molecule has 4 rings (SSSR count). The van der Waals surface area contributed by atoms with Crippen molar-refractivity contribution in [3.63, 3.8) is 0 Å². The zero-order valence-electron chi connectivity index (χ0n) is 11.4. The highest BCUT2D eigenvalue weighted by Gasteiger charge is 2.50. The van der Waals surface area contributed by atoms with Gasteiger partial charge < -0.3 is 5.32 Å². The summed E-state index contributed by atoms with van der Waals surface area (Å²) in [5.41, 5.74) is 3.30.